The molecule has 3 unspecified atom stereocenters. The van der Waals surface area contributed by atoms with Crippen molar-refractivity contribution in [2.24, 2.45) is 5.73 Å². The van der Waals surface area contributed by atoms with Crippen LogP contribution in [0.5, 0.6) is 0 Å². The number of nitrogens with zero attached hydrogens (tertiary/aromatic N) is 4. The maximum Gasteiger partial charge on any atom is 0.320 e. The van der Waals surface area contributed by atoms with Crippen LogP contribution in [0, 0.1) is 0 Å². The number of carbonyl (C=O) groups excluding carboxylic acids is 1. The van der Waals surface area contributed by atoms with E-state index in [0.29, 0.717) is 39.3 Å². The second-order valence-corrected chi connectivity index (χ2v) is 6.92. The summed E-state index contributed by atoms with van der Waals surface area (Å²) in [6.07, 6.45) is -0.932. The van der Waals surface area contributed by atoms with Crippen LogP contribution in [0.4, 0.5) is 9.18 Å². The zero-order valence-corrected chi connectivity index (χ0v) is 14.0. The molecule has 3 rings (SSSR count). The van der Waals surface area contributed by atoms with Gasteiger partial charge in [-0.1, -0.05) is 0 Å². The normalized spacial score (nSPS) is 34.7. The summed E-state index contributed by atoms with van der Waals surface area (Å²) in [4.78, 5) is 20.8. The van der Waals surface area contributed by atoms with Crippen molar-refractivity contribution in [1.82, 2.24) is 24.9 Å². The van der Waals surface area contributed by atoms with Crippen LogP contribution in [0.15, 0.2) is 0 Å². The molecule has 0 aromatic carbocycles. The van der Waals surface area contributed by atoms with E-state index >= 15 is 0 Å². The Morgan fingerprint density at radius 3 is 2.13 bits per heavy atom. The number of likely N-dealkylation sites (N-methyl/N-ethyl adjacent to an activating group) is 1. The number of rotatable bonds is 1. The van der Waals surface area contributed by atoms with Crippen LogP contribution >= 0.6 is 0 Å². The number of piperidine rings is 1. The van der Waals surface area contributed by atoms with E-state index in [1.807, 2.05) is 9.80 Å². The Morgan fingerprint density at radius 2 is 1.57 bits per heavy atom. The van der Waals surface area contributed by atoms with Crippen LogP contribution in [-0.2, 0) is 0 Å². The number of urea groups is 1. The van der Waals surface area contributed by atoms with E-state index in [1.165, 1.54) is 0 Å². The Balaban J connectivity index is 1.51. The third kappa shape index (κ3) is 3.76. The van der Waals surface area contributed by atoms with E-state index in [1.54, 1.807) is 0 Å². The highest BCUT2D eigenvalue weighted by Gasteiger charge is 2.38. The van der Waals surface area contributed by atoms with Crippen molar-refractivity contribution in [3.8, 4) is 0 Å². The zero-order valence-electron chi connectivity index (χ0n) is 14.0. The number of nitrogens with two attached hydrogens (primary N) is 1. The van der Waals surface area contributed by atoms with Gasteiger partial charge in [-0.25, -0.2) is 9.18 Å². The molecule has 132 valence electrons. The predicted octanol–water partition coefficient (Wildman–Crippen LogP) is -1.39. The molecule has 0 spiro atoms. The fourth-order valence-electron chi connectivity index (χ4n) is 3.81. The van der Waals surface area contributed by atoms with E-state index in [4.69, 9.17) is 5.73 Å². The highest BCUT2D eigenvalue weighted by Crippen LogP contribution is 2.18. The molecule has 0 radical (unpaired) electrons. The van der Waals surface area contributed by atoms with Gasteiger partial charge in [0.25, 0.3) is 0 Å². The smallest absolute Gasteiger partial charge is 0.320 e. The second-order valence-electron chi connectivity index (χ2n) is 6.92. The first-order chi connectivity index (χ1) is 11.1. The molecular formula is C15H29FN6O. The lowest BCUT2D eigenvalue weighted by atomic mass is 9.97. The number of amides is 2. The van der Waals surface area contributed by atoms with Gasteiger partial charge in [-0.3, -0.25) is 4.90 Å². The molecule has 0 aromatic rings. The van der Waals surface area contributed by atoms with Crippen molar-refractivity contribution < 1.29 is 9.18 Å². The summed E-state index contributed by atoms with van der Waals surface area (Å²) in [6, 6.07) is -0.278. The average Bonchev–Trinajstić information content (AvgIpc) is 2.55. The van der Waals surface area contributed by atoms with Crippen LogP contribution in [0.3, 0.4) is 0 Å². The van der Waals surface area contributed by atoms with Gasteiger partial charge in [-0.15, -0.1) is 0 Å². The van der Waals surface area contributed by atoms with Crippen molar-refractivity contribution in [3.63, 3.8) is 0 Å². The van der Waals surface area contributed by atoms with Crippen LogP contribution in [0.1, 0.15) is 0 Å². The lowest BCUT2D eigenvalue weighted by Crippen LogP contribution is -2.66. The Morgan fingerprint density at radius 1 is 1.00 bits per heavy atom. The molecule has 2 amide bonds. The summed E-state index contributed by atoms with van der Waals surface area (Å²) in [5.41, 5.74) is 6.09. The van der Waals surface area contributed by atoms with Gasteiger partial charge >= 0.3 is 6.03 Å². The van der Waals surface area contributed by atoms with E-state index in [-0.39, 0.29) is 18.1 Å². The summed E-state index contributed by atoms with van der Waals surface area (Å²) in [6.45, 7) is 7.21. The fourth-order valence-corrected chi connectivity index (χ4v) is 3.81. The Kier molecular flexibility index (Phi) is 5.35. The molecule has 3 N–H and O–H groups in total. The molecule has 7 nitrogen and oxygen atoms in total. The quantitative estimate of drug-likeness (QED) is 0.620. The maximum atomic E-state index is 14.2. The molecule has 0 bridgehead atoms. The molecule has 0 aromatic heterocycles. The standard InChI is InChI=1S/C15H29FN6O/c1-19-2-4-21(5-3-19)15(23)22-8-6-20(7-9-22)14-12(16)10-18-11-13(14)17/h12-14,18H,2-11,17H2,1H3. The molecule has 3 fully saturated rings. The molecule has 3 saturated heterocycles. The van der Waals surface area contributed by atoms with Gasteiger partial charge in [0.05, 0.1) is 6.04 Å². The van der Waals surface area contributed by atoms with Crippen molar-refractivity contribution >= 4 is 6.03 Å². The summed E-state index contributed by atoms with van der Waals surface area (Å²) in [5.74, 6) is 0. The number of alkyl halides is 1. The van der Waals surface area contributed by atoms with Gasteiger partial charge in [-0.2, -0.15) is 0 Å². The lowest BCUT2D eigenvalue weighted by Gasteiger charge is -2.45. The number of hydrogen-bond acceptors (Lipinski definition) is 5. The largest absolute Gasteiger partial charge is 0.325 e. The van der Waals surface area contributed by atoms with Gasteiger partial charge in [0.2, 0.25) is 0 Å². The first kappa shape index (κ1) is 16.9. The SMILES string of the molecule is CN1CCN(C(=O)N2CCN(C3C(N)CNCC3F)CC2)CC1. The highest BCUT2D eigenvalue weighted by molar-refractivity contribution is 5.74. The molecule has 23 heavy (non-hydrogen) atoms. The molecule has 3 aliphatic rings. The Labute approximate surface area is 137 Å². The lowest BCUT2D eigenvalue weighted by molar-refractivity contribution is 0.0320. The van der Waals surface area contributed by atoms with Crippen LogP contribution < -0.4 is 11.1 Å². The van der Waals surface area contributed by atoms with Gasteiger partial charge in [-0.05, 0) is 7.05 Å². The van der Waals surface area contributed by atoms with Crippen molar-refractivity contribution in [2.75, 3.05) is 72.5 Å². The van der Waals surface area contributed by atoms with E-state index < -0.39 is 6.17 Å². The van der Waals surface area contributed by atoms with E-state index in [9.17, 15) is 9.18 Å². The van der Waals surface area contributed by atoms with Crippen LogP contribution in [0.2, 0.25) is 0 Å². The minimum absolute atomic E-state index is 0.129. The highest BCUT2D eigenvalue weighted by atomic mass is 19.1. The average molecular weight is 328 g/mol. The predicted molar refractivity (Wildman–Crippen MR) is 87.1 cm³/mol. The van der Waals surface area contributed by atoms with Crippen LogP contribution in [0.25, 0.3) is 0 Å². The van der Waals surface area contributed by atoms with Gasteiger partial charge in [0.1, 0.15) is 6.17 Å². The third-order valence-corrected chi connectivity index (χ3v) is 5.31. The number of hydrogen-bond donors (Lipinski definition) is 2. The Bertz CT molecular complexity index is 399. The molecule has 8 heteroatoms. The first-order valence-corrected chi connectivity index (χ1v) is 8.63. The summed E-state index contributed by atoms with van der Waals surface area (Å²) in [7, 11) is 2.08. The van der Waals surface area contributed by atoms with Crippen molar-refractivity contribution in [3.05, 3.63) is 0 Å². The third-order valence-electron chi connectivity index (χ3n) is 5.31. The summed E-state index contributed by atoms with van der Waals surface area (Å²) < 4.78 is 14.2. The molecule has 0 saturated carbocycles. The summed E-state index contributed by atoms with van der Waals surface area (Å²) in [5, 5.41) is 3.03. The van der Waals surface area contributed by atoms with Crippen LogP contribution in [-0.4, -0.2) is 116 Å². The number of carbonyl (C=O) groups is 1. The molecule has 3 aliphatic heterocycles. The molecule has 3 atom stereocenters. The summed E-state index contributed by atoms with van der Waals surface area (Å²) >= 11 is 0. The Hall–Kier alpha value is -0.960. The second kappa shape index (κ2) is 7.29. The topological polar surface area (TPSA) is 68.1 Å². The fraction of sp³-hybridized carbons (Fsp3) is 0.933. The number of piperazine rings is 2. The van der Waals surface area contributed by atoms with Crippen molar-refractivity contribution in [2.45, 2.75) is 18.3 Å². The number of halogens is 1. The number of nitrogens with one attached hydrogen (secondary N) is 1. The molecule has 3 heterocycles. The zero-order chi connectivity index (χ0) is 16.4. The minimum atomic E-state index is -0.932. The molecule has 0 aliphatic carbocycles. The van der Waals surface area contributed by atoms with Gasteiger partial charge in [0, 0.05) is 71.5 Å². The van der Waals surface area contributed by atoms with E-state index in [2.05, 4.69) is 22.2 Å². The molecular weight excluding hydrogens is 299 g/mol. The van der Waals surface area contributed by atoms with Crippen molar-refractivity contribution in [1.29, 1.82) is 0 Å². The van der Waals surface area contributed by atoms with E-state index in [0.717, 1.165) is 26.2 Å². The van der Waals surface area contributed by atoms with Gasteiger partial charge < -0.3 is 25.8 Å². The first-order valence-electron chi connectivity index (χ1n) is 8.63. The monoisotopic (exact) mass is 328 g/mol. The van der Waals surface area contributed by atoms with Gasteiger partial charge in [0.15, 0.2) is 0 Å². The minimum Gasteiger partial charge on any atom is -0.325 e. The maximum absolute atomic E-state index is 14.2.